The number of aliphatic hydroxyl groups is 1. The summed E-state index contributed by atoms with van der Waals surface area (Å²) in [7, 11) is 0. The van der Waals surface area contributed by atoms with Gasteiger partial charge in [-0.1, -0.05) is 13.8 Å². The average molecular weight is 200 g/mol. The number of nitrogens with one attached hydrogen (secondary N) is 2. The van der Waals surface area contributed by atoms with E-state index < -0.39 is 0 Å². The third-order valence-corrected chi connectivity index (χ3v) is 3.03. The maximum absolute atomic E-state index is 8.96. The number of rotatable bonds is 5. The normalized spacial score (nSPS) is 21.4. The molecule has 0 radical (unpaired) electrons. The molecule has 0 amide bonds. The van der Waals surface area contributed by atoms with Crippen LogP contribution >= 0.6 is 0 Å². The van der Waals surface area contributed by atoms with Crippen LogP contribution in [0.2, 0.25) is 0 Å². The summed E-state index contributed by atoms with van der Waals surface area (Å²) in [6, 6.07) is 1.12. The lowest BCUT2D eigenvalue weighted by Crippen LogP contribution is -2.46. The van der Waals surface area contributed by atoms with Crippen molar-refractivity contribution in [1.82, 2.24) is 10.6 Å². The third kappa shape index (κ3) is 3.95. The summed E-state index contributed by atoms with van der Waals surface area (Å²) in [5.74, 6) is 0.608. The molecule has 1 aliphatic rings. The highest BCUT2D eigenvalue weighted by Crippen LogP contribution is 2.10. The summed E-state index contributed by atoms with van der Waals surface area (Å²) in [6.45, 7) is 6.98. The van der Waals surface area contributed by atoms with Crippen LogP contribution < -0.4 is 10.6 Å². The van der Waals surface area contributed by atoms with Crippen LogP contribution in [-0.2, 0) is 0 Å². The van der Waals surface area contributed by atoms with Crippen LogP contribution in [0.3, 0.4) is 0 Å². The monoisotopic (exact) mass is 200 g/mol. The zero-order valence-corrected chi connectivity index (χ0v) is 9.42. The molecule has 84 valence electrons. The van der Waals surface area contributed by atoms with Crippen molar-refractivity contribution in [3.8, 4) is 0 Å². The molecule has 0 aromatic carbocycles. The van der Waals surface area contributed by atoms with Crippen LogP contribution in [0, 0.1) is 5.92 Å². The van der Waals surface area contributed by atoms with E-state index in [9.17, 15) is 0 Å². The Hall–Kier alpha value is -0.120. The molecule has 3 heteroatoms. The number of hydrogen-bond acceptors (Lipinski definition) is 3. The highest BCUT2D eigenvalue weighted by Gasteiger charge is 2.19. The van der Waals surface area contributed by atoms with Crippen molar-refractivity contribution < 1.29 is 5.11 Å². The van der Waals surface area contributed by atoms with Gasteiger partial charge in [0.15, 0.2) is 0 Å². The molecule has 14 heavy (non-hydrogen) atoms. The Morgan fingerprint density at radius 3 is 2.50 bits per heavy atom. The predicted molar refractivity (Wildman–Crippen MR) is 59.4 cm³/mol. The lowest BCUT2D eigenvalue weighted by Gasteiger charge is -2.30. The summed E-state index contributed by atoms with van der Waals surface area (Å²) in [5, 5.41) is 16.0. The van der Waals surface area contributed by atoms with Crippen LogP contribution in [0.25, 0.3) is 0 Å². The number of piperidine rings is 1. The molecule has 0 aromatic rings. The summed E-state index contributed by atoms with van der Waals surface area (Å²) in [5.41, 5.74) is 0. The van der Waals surface area contributed by atoms with Crippen molar-refractivity contribution in [1.29, 1.82) is 0 Å². The zero-order chi connectivity index (χ0) is 10.4. The van der Waals surface area contributed by atoms with E-state index in [2.05, 4.69) is 24.5 Å². The Labute approximate surface area is 87.3 Å². The molecule has 3 nitrogen and oxygen atoms in total. The summed E-state index contributed by atoms with van der Waals surface area (Å²) >= 11 is 0. The third-order valence-electron chi connectivity index (χ3n) is 3.03. The first-order valence-corrected chi connectivity index (χ1v) is 5.81. The highest BCUT2D eigenvalue weighted by atomic mass is 16.3. The lowest BCUT2D eigenvalue weighted by atomic mass is 9.97. The van der Waals surface area contributed by atoms with Gasteiger partial charge in [-0.15, -0.1) is 0 Å². The van der Waals surface area contributed by atoms with Gasteiger partial charge in [0.05, 0.1) is 0 Å². The molecule has 1 atom stereocenters. The first-order valence-electron chi connectivity index (χ1n) is 5.81. The van der Waals surface area contributed by atoms with E-state index in [0.717, 1.165) is 19.5 Å². The van der Waals surface area contributed by atoms with Crippen LogP contribution in [0.4, 0.5) is 0 Å². The first kappa shape index (κ1) is 12.0. The van der Waals surface area contributed by atoms with Crippen molar-refractivity contribution in [2.75, 3.05) is 19.7 Å². The minimum atomic E-state index is 0.292. The molecular weight excluding hydrogens is 176 g/mol. The molecule has 0 aliphatic carbocycles. The quantitative estimate of drug-likeness (QED) is 0.613. The maximum Gasteiger partial charge on any atom is 0.0445 e. The van der Waals surface area contributed by atoms with Crippen molar-refractivity contribution in [3.63, 3.8) is 0 Å². The minimum absolute atomic E-state index is 0.292. The molecule has 0 bridgehead atoms. The molecule has 1 rings (SSSR count). The molecular formula is C11H24N2O. The summed E-state index contributed by atoms with van der Waals surface area (Å²) < 4.78 is 0. The Balaban J connectivity index is 2.29. The van der Waals surface area contributed by atoms with Crippen LogP contribution in [-0.4, -0.2) is 36.9 Å². The lowest BCUT2D eigenvalue weighted by molar-refractivity contribution is 0.225. The Kier molecular flexibility index (Phi) is 5.45. The van der Waals surface area contributed by atoms with Gasteiger partial charge in [-0.25, -0.2) is 0 Å². The maximum atomic E-state index is 8.96. The van der Waals surface area contributed by atoms with Crippen molar-refractivity contribution >= 4 is 0 Å². The van der Waals surface area contributed by atoms with E-state index >= 15 is 0 Å². The van der Waals surface area contributed by atoms with Gasteiger partial charge in [0.25, 0.3) is 0 Å². The summed E-state index contributed by atoms with van der Waals surface area (Å²) in [4.78, 5) is 0. The fraction of sp³-hybridized carbons (Fsp3) is 1.00. The second-order valence-electron chi connectivity index (χ2n) is 4.55. The fourth-order valence-electron chi connectivity index (χ4n) is 2.04. The Bertz CT molecular complexity index is 144. The van der Waals surface area contributed by atoms with Gasteiger partial charge in [0.2, 0.25) is 0 Å². The smallest absolute Gasteiger partial charge is 0.0445 e. The number of aliphatic hydroxyl groups excluding tert-OH is 1. The fourth-order valence-corrected chi connectivity index (χ4v) is 2.04. The predicted octanol–water partition coefficient (Wildman–Crippen LogP) is 0.735. The number of hydrogen-bond donors (Lipinski definition) is 3. The second kappa shape index (κ2) is 6.38. The van der Waals surface area contributed by atoms with Gasteiger partial charge < -0.3 is 15.7 Å². The molecule has 1 heterocycles. The van der Waals surface area contributed by atoms with Gasteiger partial charge in [0, 0.05) is 18.7 Å². The Morgan fingerprint density at radius 1 is 1.36 bits per heavy atom. The van der Waals surface area contributed by atoms with Crippen LogP contribution in [0.5, 0.6) is 0 Å². The molecule has 1 fully saturated rings. The van der Waals surface area contributed by atoms with E-state index in [4.69, 9.17) is 5.11 Å². The molecule has 1 saturated heterocycles. The van der Waals surface area contributed by atoms with Gasteiger partial charge in [0.1, 0.15) is 0 Å². The van der Waals surface area contributed by atoms with Gasteiger partial charge in [-0.05, 0) is 38.3 Å². The van der Waals surface area contributed by atoms with Crippen molar-refractivity contribution in [2.45, 2.75) is 45.2 Å². The topological polar surface area (TPSA) is 44.3 Å². The van der Waals surface area contributed by atoms with E-state index in [1.165, 1.54) is 12.8 Å². The van der Waals surface area contributed by atoms with Gasteiger partial charge >= 0.3 is 0 Å². The van der Waals surface area contributed by atoms with E-state index in [0.29, 0.717) is 24.6 Å². The summed E-state index contributed by atoms with van der Waals surface area (Å²) in [6.07, 6.45) is 3.31. The van der Waals surface area contributed by atoms with Crippen LogP contribution in [0.1, 0.15) is 33.1 Å². The average Bonchev–Trinajstić information content (AvgIpc) is 2.18. The molecule has 0 aromatic heterocycles. The standard InChI is InChI=1S/C11H24N2O/c1-9(2)11(5-8-14)13-10-3-6-12-7-4-10/h9-14H,3-8H2,1-2H3. The van der Waals surface area contributed by atoms with Gasteiger partial charge in [-0.3, -0.25) is 0 Å². The SMILES string of the molecule is CC(C)C(CCO)NC1CCNCC1. The molecule has 1 unspecified atom stereocenters. The van der Waals surface area contributed by atoms with E-state index in [-0.39, 0.29) is 0 Å². The second-order valence-corrected chi connectivity index (χ2v) is 4.55. The molecule has 1 aliphatic heterocycles. The minimum Gasteiger partial charge on any atom is -0.396 e. The first-order chi connectivity index (χ1) is 6.74. The largest absolute Gasteiger partial charge is 0.396 e. The van der Waals surface area contributed by atoms with Gasteiger partial charge in [-0.2, -0.15) is 0 Å². The van der Waals surface area contributed by atoms with Crippen molar-refractivity contribution in [2.24, 2.45) is 5.92 Å². The van der Waals surface area contributed by atoms with Crippen LogP contribution in [0.15, 0.2) is 0 Å². The molecule has 0 spiro atoms. The Morgan fingerprint density at radius 2 is 2.00 bits per heavy atom. The van der Waals surface area contributed by atoms with E-state index in [1.807, 2.05) is 0 Å². The highest BCUT2D eigenvalue weighted by molar-refractivity contribution is 4.80. The zero-order valence-electron chi connectivity index (χ0n) is 9.42. The molecule has 3 N–H and O–H groups in total. The van der Waals surface area contributed by atoms with Crippen molar-refractivity contribution in [3.05, 3.63) is 0 Å². The molecule has 0 saturated carbocycles. The van der Waals surface area contributed by atoms with E-state index in [1.54, 1.807) is 0 Å².